The molecule has 2 heteroatoms. The Morgan fingerprint density at radius 2 is 1.77 bits per heavy atom. The second-order valence-corrected chi connectivity index (χ2v) is 9.24. The van der Waals surface area contributed by atoms with E-state index in [1.165, 1.54) is 77.5 Å². The van der Waals surface area contributed by atoms with E-state index in [0.29, 0.717) is 5.41 Å². The average Bonchev–Trinajstić information content (AvgIpc) is 2.94. The van der Waals surface area contributed by atoms with Crippen LogP contribution < -0.4 is 5.32 Å². The largest absolute Gasteiger partial charge is 0.312 e. The standard InChI is InChI=1S/C20H40N2/c1-5-6-11-22-15-18(13-20(2,3)4)12-19(16-22)21-14-17-9-7-8-10-17/h17-19,21H,5-16H2,1-4H3. The number of likely N-dealkylation sites (tertiary alicyclic amines) is 1. The van der Waals surface area contributed by atoms with Gasteiger partial charge in [-0.25, -0.2) is 0 Å². The molecule has 2 unspecified atom stereocenters. The summed E-state index contributed by atoms with van der Waals surface area (Å²) in [6.07, 6.45) is 11.3. The molecule has 130 valence electrons. The Kier molecular flexibility index (Phi) is 7.21. The molecule has 0 bridgehead atoms. The Labute approximate surface area is 139 Å². The number of hydrogen-bond donors (Lipinski definition) is 1. The molecule has 1 N–H and O–H groups in total. The quantitative estimate of drug-likeness (QED) is 0.734. The number of hydrogen-bond acceptors (Lipinski definition) is 2. The lowest BCUT2D eigenvalue weighted by Crippen LogP contribution is -2.50. The summed E-state index contributed by atoms with van der Waals surface area (Å²) in [7, 11) is 0. The molecule has 2 aliphatic rings. The van der Waals surface area contributed by atoms with Gasteiger partial charge in [-0.05, 0) is 62.4 Å². The molecule has 1 saturated carbocycles. The molecule has 0 aromatic heterocycles. The zero-order valence-corrected chi connectivity index (χ0v) is 15.7. The van der Waals surface area contributed by atoms with Crippen LogP contribution in [0, 0.1) is 17.3 Å². The molecule has 22 heavy (non-hydrogen) atoms. The van der Waals surface area contributed by atoms with E-state index < -0.39 is 0 Å². The Balaban J connectivity index is 1.83. The van der Waals surface area contributed by atoms with Crippen LogP contribution in [0.5, 0.6) is 0 Å². The lowest BCUT2D eigenvalue weighted by molar-refractivity contribution is 0.111. The summed E-state index contributed by atoms with van der Waals surface area (Å²) in [4.78, 5) is 2.75. The van der Waals surface area contributed by atoms with Crippen LogP contribution in [-0.4, -0.2) is 37.1 Å². The molecule has 1 heterocycles. The average molecular weight is 309 g/mol. The van der Waals surface area contributed by atoms with Crippen LogP contribution in [0.25, 0.3) is 0 Å². The summed E-state index contributed by atoms with van der Waals surface area (Å²) in [5.74, 6) is 1.85. The van der Waals surface area contributed by atoms with E-state index in [1.54, 1.807) is 0 Å². The van der Waals surface area contributed by atoms with Gasteiger partial charge in [0.05, 0.1) is 0 Å². The Morgan fingerprint density at radius 3 is 2.41 bits per heavy atom. The Morgan fingerprint density at radius 1 is 1.05 bits per heavy atom. The molecule has 0 aromatic carbocycles. The van der Waals surface area contributed by atoms with E-state index in [1.807, 2.05) is 0 Å². The van der Waals surface area contributed by atoms with Crippen molar-refractivity contribution >= 4 is 0 Å². The minimum Gasteiger partial charge on any atom is -0.312 e. The first kappa shape index (κ1) is 18.3. The molecule has 1 aliphatic carbocycles. The van der Waals surface area contributed by atoms with Gasteiger partial charge in [0.15, 0.2) is 0 Å². The maximum atomic E-state index is 3.94. The second kappa shape index (κ2) is 8.68. The van der Waals surface area contributed by atoms with Gasteiger partial charge in [-0.2, -0.15) is 0 Å². The van der Waals surface area contributed by atoms with E-state index in [-0.39, 0.29) is 0 Å². The fourth-order valence-electron chi connectivity index (χ4n) is 4.58. The molecular formula is C20H40N2. The predicted molar refractivity (Wildman–Crippen MR) is 97.3 cm³/mol. The lowest BCUT2D eigenvalue weighted by Gasteiger charge is -2.40. The van der Waals surface area contributed by atoms with Crippen LogP contribution >= 0.6 is 0 Å². The topological polar surface area (TPSA) is 15.3 Å². The minimum atomic E-state index is 0.467. The molecular weight excluding hydrogens is 268 g/mol. The monoisotopic (exact) mass is 308 g/mol. The smallest absolute Gasteiger partial charge is 0.0198 e. The summed E-state index contributed by atoms with van der Waals surface area (Å²) in [5, 5.41) is 3.94. The van der Waals surface area contributed by atoms with Gasteiger partial charge in [-0.15, -0.1) is 0 Å². The summed E-state index contributed by atoms with van der Waals surface area (Å²) in [6.45, 7) is 14.7. The Hall–Kier alpha value is -0.0800. The first-order valence-corrected chi connectivity index (χ1v) is 9.92. The van der Waals surface area contributed by atoms with Crippen molar-refractivity contribution in [2.45, 2.75) is 85.1 Å². The SMILES string of the molecule is CCCCN1CC(CC(C)(C)C)CC(NCC2CCCC2)C1. The van der Waals surface area contributed by atoms with E-state index in [0.717, 1.165) is 17.9 Å². The maximum Gasteiger partial charge on any atom is 0.0198 e. The van der Waals surface area contributed by atoms with Gasteiger partial charge < -0.3 is 10.2 Å². The van der Waals surface area contributed by atoms with Crippen LogP contribution in [0.1, 0.15) is 79.1 Å². The fourth-order valence-corrected chi connectivity index (χ4v) is 4.58. The van der Waals surface area contributed by atoms with Crippen molar-refractivity contribution in [2.75, 3.05) is 26.2 Å². The van der Waals surface area contributed by atoms with Gasteiger partial charge in [-0.1, -0.05) is 47.0 Å². The molecule has 2 nitrogen and oxygen atoms in total. The third-order valence-electron chi connectivity index (χ3n) is 5.51. The van der Waals surface area contributed by atoms with Crippen molar-refractivity contribution < 1.29 is 0 Å². The van der Waals surface area contributed by atoms with Crippen LogP contribution in [0.2, 0.25) is 0 Å². The predicted octanol–water partition coefficient (Wildman–Crippen LogP) is 4.69. The van der Waals surface area contributed by atoms with E-state index in [2.05, 4.69) is 37.9 Å². The third kappa shape index (κ3) is 6.58. The highest BCUT2D eigenvalue weighted by molar-refractivity contribution is 4.86. The van der Waals surface area contributed by atoms with Gasteiger partial charge in [0.25, 0.3) is 0 Å². The first-order valence-electron chi connectivity index (χ1n) is 9.92. The molecule has 0 radical (unpaired) electrons. The van der Waals surface area contributed by atoms with Crippen LogP contribution in [-0.2, 0) is 0 Å². The number of nitrogens with one attached hydrogen (secondary N) is 1. The van der Waals surface area contributed by atoms with E-state index in [9.17, 15) is 0 Å². The molecule has 2 atom stereocenters. The first-order chi connectivity index (χ1) is 10.5. The van der Waals surface area contributed by atoms with Gasteiger partial charge >= 0.3 is 0 Å². The summed E-state index contributed by atoms with van der Waals surface area (Å²) in [5.41, 5.74) is 0.467. The summed E-state index contributed by atoms with van der Waals surface area (Å²) >= 11 is 0. The highest BCUT2D eigenvalue weighted by atomic mass is 15.2. The van der Waals surface area contributed by atoms with Crippen LogP contribution in [0.3, 0.4) is 0 Å². The second-order valence-electron chi connectivity index (χ2n) is 9.24. The number of rotatable bonds is 7. The molecule has 2 fully saturated rings. The van der Waals surface area contributed by atoms with E-state index >= 15 is 0 Å². The normalized spacial score (nSPS) is 28.4. The highest BCUT2D eigenvalue weighted by Crippen LogP contribution is 2.31. The van der Waals surface area contributed by atoms with Crippen molar-refractivity contribution in [1.29, 1.82) is 0 Å². The maximum absolute atomic E-state index is 3.94. The molecule has 2 rings (SSSR count). The number of unbranched alkanes of at least 4 members (excludes halogenated alkanes) is 1. The summed E-state index contributed by atoms with van der Waals surface area (Å²) in [6, 6.07) is 0.735. The third-order valence-corrected chi connectivity index (χ3v) is 5.51. The summed E-state index contributed by atoms with van der Waals surface area (Å²) < 4.78 is 0. The van der Waals surface area contributed by atoms with Crippen LogP contribution in [0.4, 0.5) is 0 Å². The molecule has 1 aliphatic heterocycles. The lowest BCUT2D eigenvalue weighted by atomic mass is 9.80. The van der Waals surface area contributed by atoms with Crippen molar-refractivity contribution in [2.24, 2.45) is 17.3 Å². The molecule has 1 saturated heterocycles. The van der Waals surface area contributed by atoms with E-state index in [4.69, 9.17) is 0 Å². The van der Waals surface area contributed by atoms with Crippen molar-refractivity contribution in [3.05, 3.63) is 0 Å². The molecule has 0 spiro atoms. The zero-order chi connectivity index (χ0) is 16.0. The molecule has 0 aromatic rings. The van der Waals surface area contributed by atoms with Gasteiger partial charge in [0.1, 0.15) is 0 Å². The van der Waals surface area contributed by atoms with Crippen LogP contribution in [0.15, 0.2) is 0 Å². The minimum absolute atomic E-state index is 0.467. The van der Waals surface area contributed by atoms with Gasteiger partial charge in [-0.3, -0.25) is 0 Å². The fraction of sp³-hybridized carbons (Fsp3) is 1.00. The molecule has 0 amide bonds. The van der Waals surface area contributed by atoms with Crippen molar-refractivity contribution in [3.8, 4) is 0 Å². The van der Waals surface area contributed by atoms with Gasteiger partial charge in [0.2, 0.25) is 0 Å². The van der Waals surface area contributed by atoms with Gasteiger partial charge in [0, 0.05) is 19.1 Å². The number of nitrogens with zero attached hydrogens (tertiary/aromatic N) is 1. The van der Waals surface area contributed by atoms with Crippen molar-refractivity contribution in [1.82, 2.24) is 10.2 Å². The zero-order valence-electron chi connectivity index (χ0n) is 15.7. The Bertz CT molecular complexity index is 301. The number of piperidine rings is 1. The highest BCUT2D eigenvalue weighted by Gasteiger charge is 2.30. The van der Waals surface area contributed by atoms with Crippen molar-refractivity contribution in [3.63, 3.8) is 0 Å².